The van der Waals surface area contributed by atoms with Gasteiger partial charge in [0.15, 0.2) is 5.78 Å². The highest BCUT2D eigenvalue weighted by atomic mass is 16.1. The van der Waals surface area contributed by atoms with E-state index < -0.39 is 0 Å². The predicted octanol–water partition coefficient (Wildman–Crippen LogP) is 3.49. The van der Waals surface area contributed by atoms with Crippen LogP contribution in [0.3, 0.4) is 0 Å². The summed E-state index contributed by atoms with van der Waals surface area (Å²) in [5.74, 6) is 1.09. The van der Waals surface area contributed by atoms with Crippen molar-refractivity contribution in [2.75, 3.05) is 0 Å². The average Bonchev–Trinajstić information content (AvgIpc) is 3.07. The van der Waals surface area contributed by atoms with Crippen molar-refractivity contribution in [1.82, 2.24) is 9.78 Å². The van der Waals surface area contributed by atoms with Crippen molar-refractivity contribution in [2.24, 2.45) is 11.8 Å². The van der Waals surface area contributed by atoms with Gasteiger partial charge in [0.1, 0.15) is 5.69 Å². The maximum atomic E-state index is 12.6. The number of hydrogen-bond donors (Lipinski definition) is 0. The van der Waals surface area contributed by atoms with Gasteiger partial charge in [-0.1, -0.05) is 25.1 Å². The maximum Gasteiger partial charge on any atom is 0.184 e. The molecule has 2 aromatic rings. The second-order valence-corrected chi connectivity index (χ2v) is 5.44. The van der Waals surface area contributed by atoms with Gasteiger partial charge in [0.25, 0.3) is 0 Å². The number of carbonyl (C=O) groups excluding carboxylic acids is 1. The van der Waals surface area contributed by atoms with E-state index in [1.807, 2.05) is 36.4 Å². The summed E-state index contributed by atoms with van der Waals surface area (Å²) >= 11 is 0. The molecule has 2 unspecified atom stereocenters. The number of benzene rings is 1. The molecule has 1 aromatic carbocycles. The lowest BCUT2D eigenvalue weighted by atomic mass is 9.99. The van der Waals surface area contributed by atoms with Gasteiger partial charge in [0.05, 0.1) is 11.9 Å². The molecule has 0 amide bonds. The van der Waals surface area contributed by atoms with Crippen LogP contribution < -0.4 is 0 Å². The van der Waals surface area contributed by atoms with E-state index in [0.717, 1.165) is 24.9 Å². The third-order valence-corrected chi connectivity index (χ3v) is 3.96. The lowest BCUT2D eigenvalue weighted by Gasteiger charge is -2.11. The van der Waals surface area contributed by atoms with Crippen molar-refractivity contribution in [3.05, 3.63) is 48.3 Å². The summed E-state index contributed by atoms with van der Waals surface area (Å²) in [6.45, 7) is 2.22. The van der Waals surface area contributed by atoms with E-state index >= 15 is 0 Å². The van der Waals surface area contributed by atoms with Crippen LogP contribution in [-0.4, -0.2) is 15.6 Å². The fraction of sp³-hybridized carbons (Fsp3) is 0.375. The zero-order valence-electron chi connectivity index (χ0n) is 11.1. The zero-order chi connectivity index (χ0) is 13.2. The molecule has 98 valence electrons. The molecule has 2 atom stereocenters. The normalized spacial score (nSPS) is 22.6. The fourth-order valence-corrected chi connectivity index (χ4v) is 2.92. The van der Waals surface area contributed by atoms with Crippen LogP contribution in [0.25, 0.3) is 5.69 Å². The van der Waals surface area contributed by atoms with E-state index in [2.05, 4.69) is 12.0 Å². The van der Waals surface area contributed by atoms with Crippen LogP contribution in [0.4, 0.5) is 0 Å². The molecular formula is C16H18N2O. The Bertz CT molecular complexity index is 573. The summed E-state index contributed by atoms with van der Waals surface area (Å²) in [7, 11) is 0. The molecule has 0 bridgehead atoms. The molecule has 0 radical (unpaired) electrons. The highest BCUT2D eigenvalue weighted by Gasteiger charge is 2.29. The first-order valence-corrected chi connectivity index (χ1v) is 6.89. The third-order valence-electron chi connectivity index (χ3n) is 3.96. The van der Waals surface area contributed by atoms with E-state index in [9.17, 15) is 4.79 Å². The molecule has 3 rings (SSSR count). The minimum Gasteiger partial charge on any atom is -0.292 e. The summed E-state index contributed by atoms with van der Waals surface area (Å²) in [5.41, 5.74) is 1.66. The van der Waals surface area contributed by atoms with Crippen LogP contribution in [0.5, 0.6) is 0 Å². The van der Waals surface area contributed by atoms with E-state index in [0.29, 0.717) is 11.6 Å². The lowest BCUT2D eigenvalue weighted by molar-refractivity contribution is 0.0912. The number of nitrogens with zero attached hydrogens (tertiary/aromatic N) is 2. The van der Waals surface area contributed by atoms with Crippen molar-refractivity contribution in [3.8, 4) is 5.69 Å². The summed E-state index contributed by atoms with van der Waals surface area (Å²) in [5, 5.41) is 4.29. The van der Waals surface area contributed by atoms with Gasteiger partial charge in [-0.2, -0.15) is 5.10 Å². The van der Waals surface area contributed by atoms with Crippen molar-refractivity contribution in [3.63, 3.8) is 0 Å². The van der Waals surface area contributed by atoms with Crippen molar-refractivity contribution >= 4 is 5.78 Å². The van der Waals surface area contributed by atoms with Crippen LogP contribution in [0, 0.1) is 11.8 Å². The van der Waals surface area contributed by atoms with Gasteiger partial charge < -0.3 is 0 Å². The largest absolute Gasteiger partial charge is 0.292 e. The number of para-hydroxylation sites is 1. The molecule has 3 nitrogen and oxygen atoms in total. The van der Waals surface area contributed by atoms with Gasteiger partial charge >= 0.3 is 0 Å². The van der Waals surface area contributed by atoms with Crippen LogP contribution >= 0.6 is 0 Å². The zero-order valence-corrected chi connectivity index (χ0v) is 11.1. The molecule has 1 saturated carbocycles. The smallest absolute Gasteiger partial charge is 0.184 e. The van der Waals surface area contributed by atoms with Crippen LogP contribution in [0.15, 0.2) is 42.6 Å². The van der Waals surface area contributed by atoms with E-state index in [1.165, 1.54) is 0 Å². The van der Waals surface area contributed by atoms with Crippen LogP contribution in [0.1, 0.15) is 36.7 Å². The number of ketones is 1. The van der Waals surface area contributed by atoms with Crippen LogP contribution in [0.2, 0.25) is 0 Å². The quantitative estimate of drug-likeness (QED) is 0.786. The first-order valence-electron chi connectivity index (χ1n) is 6.89. The van der Waals surface area contributed by atoms with Crippen molar-refractivity contribution in [1.29, 1.82) is 0 Å². The Morgan fingerprint density at radius 1 is 1.21 bits per heavy atom. The van der Waals surface area contributed by atoms with Gasteiger partial charge in [-0.15, -0.1) is 0 Å². The van der Waals surface area contributed by atoms with Crippen molar-refractivity contribution < 1.29 is 4.79 Å². The second-order valence-electron chi connectivity index (χ2n) is 5.44. The van der Waals surface area contributed by atoms with Gasteiger partial charge in [0, 0.05) is 5.92 Å². The first-order chi connectivity index (χ1) is 9.25. The Balaban J connectivity index is 1.90. The Morgan fingerprint density at radius 2 is 2.00 bits per heavy atom. The number of rotatable bonds is 3. The molecule has 19 heavy (non-hydrogen) atoms. The lowest BCUT2D eigenvalue weighted by Crippen LogP contribution is -2.16. The monoisotopic (exact) mass is 254 g/mol. The summed E-state index contributed by atoms with van der Waals surface area (Å²) in [4.78, 5) is 12.6. The maximum absolute atomic E-state index is 12.6. The van der Waals surface area contributed by atoms with Crippen molar-refractivity contribution in [2.45, 2.75) is 26.2 Å². The molecule has 0 aliphatic heterocycles. The summed E-state index contributed by atoms with van der Waals surface area (Å²) < 4.78 is 1.76. The standard InChI is InChI=1S/C16H18N2O/c1-12-7-8-13(11-12)16(19)15-9-10-17-18(15)14-5-3-2-4-6-14/h2-6,9-10,12-13H,7-8,11H2,1H3. The molecule has 0 N–H and O–H groups in total. The van der Waals surface area contributed by atoms with Gasteiger partial charge in [-0.05, 0) is 43.4 Å². The number of aromatic nitrogens is 2. The van der Waals surface area contributed by atoms with E-state index in [-0.39, 0.29) is 11.7 Å². The van der Waals surface area contributed by atoms with E-state index in [4.69, 9.17) is 0 Å². The number of hydrogen-bond acceptors (Lipinski definition) is 2. The SMILES string of the molecule is CC1CCC(C(=O)c2ccnn2-c2ccccc2)C1. The highest BCUT2D eigenvalue weighted by Crippen LogP contribution is 2.32. The minimum atomic E-state index is 0.175. The Hall–Kier alpha value is -1.90. The number of carbonyl (C=O) groups is 1. The summed E-state index contributed by atoms with van der Waals surface area (Å²) in [6, 6.07) is 11.7. The summed E-state index contributed by atoms with van der Waals surface area (Å²) in [6.07, 6.45) is 4.90. The third kappa shape index (κ3) is 2.33. The molecule has 3 heteroatoms. The Kier molecular flexibility index (Phi) is 3.20. The van der Waals surface area contributed by atoms with Gasteiger partial charge in [-0.3, -0.25) is 4.79 Å². The second kappa shape index (κ2) is 5.00. The highest BCUT2D eigenvalue weighted by molar-refractivity contribution is 5.97. The number of Topliss-reactive ketones (excluding diaryl/α,β-unsaturated/α-hetero) is 1. The molecule has 1 heterocycles. The fourth-order valence-electron chi connectivity index (χ4n) is 2.92. The van der Waals surface area contributed by atoms with E-state index in [1.54, 1.807) is 10.9 Å². The Morgan fingerprint density at radius 3 is 2.68 bits per heavy atom. The molecule has 1 aromatic heterocycles. The minimum absolute atomic E-state index is 0.175. The first kappa shape index (κ1) is 12.2. The molecule has 1 aliphatic carbocycles. The Labute approximate surface area is 113 Å². The van der Waals surface area contributed by atoms with Crippen LogP contribution in [-0.2, 0) is 0 Å². The molecule has 0 saturated heterocycles. The van der Waals surface area contributed by atoms with Gasteiger partial charge in [0.2, 0.25) is 0 Å². The molecule has 1 fully saturated rings. The molecular weight excluding hydrogens is 236 g/mol. The average molecular weight is 254 g/mol. The van der Waals surface area contributed by atoms with Gasteiger partial charge in [-0.25, -0.2) is 4.68 Å². The predicted molar refractivity (Wildman–Crippen MR) is 74.4 cm³/mol. The molecule has 1 aliphatic rings. The topological polar surface area (TPSA) is 34.9 Å². The molecule has 0 spiro atoms.